The zero-order chi connectivity index (χ0) is 21.3. The number of amides is 1. The monoisotopic (exact) mass is 412 g/mol. The molecule has 6 nitrogen and oxygen atoms in total. The van der Waals surface area contributed by atoms with E-state index < -0.39 is 12.3 Å². The van der Waals surface area contributed by atoms with Crippen LogP contribution in [-0.2, 0) is 4.79 Å². The van der Waals surface area contributed by atoms with Crippen molar-refractivity contribution < 1.29 is 18.4 Å². The standard InChI is InChI=1S/C22H22F2N4O2/c1-13-3-2-4-18(25-13)22(30)26-20-9-15-11-28(16-7-5-14(12-29)6-8-16)27-19(15)10-17(20)21(23)24/h2-4,9-12,14,16,21H,5-8H2,1H3,(H,26,30). The number of benzene rings is 1. The molecule has 2 aromatic heterocycles. The first-order valence-electron chi connectivity index (χ1n) is 9.96. The minimum atomic E-state index is -2.76. The van der Waals surface area contributed by atoms with Crippen LogP contribution in [0.3, 0.4) is 0 Å². The molecule has 1 saturated carbocycles. The number of pyridine rings is 1. The predicted octanol–water partition coefficient (Wildman–Crippen LogP) is 4.86. The van der Waals surface area contributed by atoms with Gasteiger partial charge in [-0.2, -0.15) is 5.10 Å². The van der Waals surface area contributed by atoms with Crippen LogP contribution in [0.2, 0.25) is 0 Å². The third-order valence-corrected chi connectivity index (χ3v) is 5.61. The molecule has 0 atom stereocenters. The Hall–Kier alpha value is -3.16. The van der Waals surface area contributed by atoms with Gasteiger partial charge in [0, 0.05) is 28.8 Å². The van der Waals surface area contributed by atoms with E-state index in [2.05, 4.69) is 15.4 Å². The van der Waals surface area contributed by atoms with Gasteiger partial charge in [-0.1, -0.05) is 6.07 Å². The normalized spacial score (nSPS) is 19.2. The van der Waals surface area contributed by atoms with Gasteiger partial charge in [-0.15, -0.1) is 0 Å². The van der Waals surface area contributed by atoms with Crippen LogP contribution in [0, 0.1) is 12.8 Å². The number of hydrogen-bond donors (Lipinski definition) is 1. The number of halogens is 2. The van der Waals surface area contributed by atoms with Crippen LogP contribution in [0.15, 0.2) is 36.5 Å². The molecule has 0 unspecified atom stereocenters. The largest absolute Gasteiger partial charge is 0.320 e. The average molecular weight is 412 g/mol. The average Bonchev–Trinajstić information content (AvgIpc) is 3.16. The van der Waals surface area contributed by atoms with E-state index in [4.69, 9.17) is 0 Å². The molecule has 4 rings (SSSR count). The number of anilines is 1. The fourth-order valence-electron chi connectivity index (χ4n) is 3.94. The van der Waals surface area contributed by atoms with Gasteiger partial charge in [0.2, 0.25) is 0 Å². The Kier molecular flexibility index (Phi) is 5.57. The molecule has 1 aliphatic rings. The van der Waals surface area contributed by atoms with Crippen LogP contribution >= 0.6 is 0 Å². The molecule has 1 amide bonds. The molecule has 1 fully saturated rings. The number of carbonyl (C=O) groups excluding carboxylic acids is 2. The van der Waals surface area contributed by atoms with Crippen molar-refractivity contribution in [1.82, 2.24) is 14.8 Å². The Bertz CT molecular complexity index is 1090. The maximum Gasteiger partial charge on any atom is 0.274 e. The van der Waals surface area contributed by atoms with Crippen LogP contribution < -0.4 is 5.32 Å². The van der Waals surface area contributed by atoms with Crippen LogP contribution in [0.25, 0.3) is 10.9 Å². The summed E-state index contributed by atoms with van der Waals surface area (Å²) in [5, 5.41) is 7.73. The number of nitrogens with one attached hydrogen (secondary N) is 1. The predicted molar refractivity (Wildman–Crippen MR) is 109 cm³/mol. The molecular formula is C22H22F2N4O2. The Morgan fingerprint density at radius 3 is 2.67 bits per heavy atom. The third-order valence-electron chi connectivity index (χ3n) is 5.61. The van der Waals surface area contributed by atoms with Crippen LogP contribution in [0.1, 0.15) is 59.9 Å². The lowest BCUT2D eigenvalue weighted by Gasteiger charge is -2.25. The van der Waals surface area contributed by atoms with Gasteiger partial charge in [0.15, 0.2) is 0 Å². The smallest absolute Gasteiger partial charge is 0.274 e. The molecule has 3 aromatic rings. The summed E-state index contributed by atoms with van der Waals surface area (Å²) in [6, 6.07) is 7.98. The summed E-state index contributed by atoms with van der Waals surface area (Å²) >= 11 is 0. The number of aryl methyl sites for hydroxylation is 1. The van der Waals surface area contributed by atoms with E-state index in [9.17, 15) is 18.4 Å². The number of fused-ring (bicyclic) bond motifs is 1. The minimum Gasteiger partial charge on any atom is -0.320 e. The summed E-state index contributed by atoms with van der Waals surface area (Å²) in [4.78, 5) is 27.6. The first kappa shape index (κ1) is 20.1. The zero-order valence-corrected chi connectivity index (χ0v) is 16.5. The van der Waals surface area contributed by atoms with Gasteiger partial charge < -0.3 is 10.1 Å². The van der Waals surface area contributed by atoms with Gasteiger partial charge in [0.1, 0.15) is 12.0 Å². The molecule has 0 aliphatic heterocycles. The van der Waals surface area contributed by atoms with Crippen LogP contribution in [0.5, 0.6) is 0 Å². The molecule has 0 bridgehead atoms. The Morgan fingerprint density at radius 1 is 1.23 bits per heavy atom. The van der Waals surface area contributed by atoms with Gasteiger partial charge in [0.25, 0.3) is 12.3 Å². The second kappa shape index (κ2) is 8.30. The molecule has 1 N–H and O–H groups in total. The summed E-state index contributed by atoms with van der Waals surface area (Å²) in [7, 11) is 0. The molecule has 1 aliphatic carbocycles. The lowest BCUT2D eigenvalue weighted by atomic mass is 9.87. The molecule has 30 heavy (non-hydrogen) atoms. The van der Waals surface area contributed by atoms with Crippen molar-refractivity contribution in [2.24, 2.45) is 5.92 Å². The van der Waals surface area contributed by atoms with Gasteiger partial charge >= 0.3 is 0 Å². The van der Waals surface area contributed by atoms with Crippen molar-refractivity contribution in [1.29, 1.82) is 0 Å². The first-order chi connectivity index (χ1) is 14.4. The topological polar surface area (TPSA) is 76.9 Å². The quantitative estimate of drug-likeness (QED) is 0.607. The van der Waals surface area contributed by atoms with E-state index in [0.717, 1.165) is 32.0 Å². The van der Waals surface area contributed by atoms with Gasteiger partial charge in [0.05, 0.1) is 17.2 Å². The van der Waals surface area contributed by atoms with E-state index >= 15 is 0 Å². The highest BCUT2D eigenvalue weighted by Crippen LogP contribution is 2.35. The highest BCUT2D eigenvalue weighted by molar-refractivity contribution is 6.04. The Morgan fingerprint density at radius 2 is 2.00 bits per heavy atom. The van der Waals surface area contributed by atoms with Crippen molar-refractivity contribution in [3.05, 3.63) is 53.5 Å². The fourth-order valence-corrected chi connectivity index (χ4v) is 3.94. The lowest BCUT2D eigenvalue weighted by Crippen LogP contribution is -2.19. The molecule has 0 spiro atoms. The van der Waals surface area contributed by atoms with Crippen LogP contribution in [-0.4, -0.2) is 27.0 Å². The van der Waals surface area contributed by atoms with Crippen molar-refractivity contribution in [2.75, 3.05) is 5.32 Å². The minimum absolute atomic E-state index is 0.0509. The molecule has 1 aromatic carbocycles. The summed E-state index contributed by atoms with van der Waals surface area (Å²) in [6.07, 6.45) is 3.31. The van der Waals surface area contributed by atoms with Gasteiger partial charge in [-0.3, -0.25) is 9.48 Å². The molecule has 156 valence electrons. The zero-order valence-electron chi connectivity index (χ0n) is 16.5. The van der Waals surface area contributed by atoms with Gasteiger partial charge in [-0.25, -0.2) is 13.8 Å². The second-order valence-corrected chi connectivity index (χ2v) is 7.73. The third kappa shape index (κ3) is 4.08. The number of nitrogens with zero attached hydrogens (tertiary/aromatic N) is 3. The number of hydrogen-bond acceptors (Lipinski definition) is 4. The number of rotatable bonds is 5. The Labute approximate surface area is 172 Å². The maximum absolute atomic E-state index is 13.7. The van der Waals surface area contributed by atoms with Crippen LogP contribution in [0.4, 0.5) is 14.5 Å². The van der Waals surface area contributed by atoms with E-state index in [0.29, 0.717) is 16.6 Å². The number of aromatic nitrogens is 3. The van der Waals surface area contributed by atoms with E-state index in [1.807, 2.05) is 6.20 Å². The summed E-state index contributed by atoms with van der Waals surface area (Å²) in [5.74, 6) is -0.451. The van der Waals surface area contributed by atoms with E-state index in [-0.39, 0.29) is 28.9 Å². The SMILES string of the molecule is Cc1cccc(C(=O)Nc2cc3cn(C4CCC(C=O)CC4)nc3cc2C(F)F)n1. The number of carbonyl (C=O) groups is 2. The maximum atomic E-state index is 13.7. The summed E-state index contributed by atoms with van der Waals surface area (Å²) in [5.41, 5.74) is 1.05. The highest BCUT2D eigenvalue weighted by atomic mass is 19.3. The van der Waals surface area contributed by atoms with Crippen molar-refractivity contribution >= 4 is 28.8 Å². The van der Waals surface area contributed by atoms with Crippen molar-refractivity contribution in [3.8, 4) is 0 Å². The molecular weight excluding hydrogens is 390 g/mol. The number of alkyl halides is 2. The Balaban J connectivity index is 1.63. The van der Waals surface area contributed by atoms with Crippen molar-refractivity contribution in [2.45, 2.75) is 45.1 Å². The fraction of sp³-hybridized carbons (Fsp3) is 0.364. The lowest BCUT2D eigenvalue weighted by molar-refractivity contribution is -0.112. The highest BCUT2D eigenvalue weighted by Gasteiger charge is 2.24. The van der Waals surface area contributed by atoms with Crippen molar-refractivity contribution in [3.63, 3.8) is 0 Å². The molecule has 0 radical (unpaired) electrons. The summed E-state index contributed by atoms with van der Waals surface area (Å²) in [6.45, 7) is 1.75. The van der Waals surface area contributed by atoms with Gasteiger partial charge in [-0.05, 0) is 56.9 Å². The number of aldehydes is 1. The molecule has 0 saturated heterocycles. The summed E-state index contributed by atoms with van der Waals surface area (Å²) < 4.78 is 29.2. The second-order valence-electron chi connectivity index (χ2n) is 7.73. The molecule has 8 heteroatoms. The van der Waals surface area contributed by atoms with E-state index in [1.165, 1.54) is 18.2 Å². The first-order valence-corrected chi connectivity index (χ1v) is 9.96. The van der Waals surface area contributed by atoms with E-state index in [1.54, 1.807) is 23.7 Å². The molecule has 2 heterocycles.